The van der Waals surface area contributed by atoms with Crippen molar-refractivity contribution in [2.75, 3.05) is 16.7 Å². The first-order chi connectivity index (χ1) is 20.3. The Bertz CT molecular complexity index is 1720. The summed E-state index contributed by atoms with van der Waals surface area (Å²) in [6.07, 6.45) is 0. The third-order valence-electron chi connectivity index (χ3n) is 6.83. The number of carbonyl (C=O) groups is 2. The van der Waals surface area contributed by atoms with Gasteiger partial charge in [-0.15, -0.1) is 0 Å². The van der Waals surface area contributed by atoms with Crippen LogP contribution in [-0.4, -0.2) is 33.8 Å². The van der Waals surface area contributed by atoms with E-state index in [1.165, 1.54) is 7.11 Å². The van der Waals surface area contributed by atoms with Crippen LogP contribution in [0.4, 0.5) is 11.4 Å². The third kappa shape index (κ3) is 7.16. The zero-order valence-corrected chi connectivity index (χ0v) is 26.2. The lowest BCUT2D eigenvalue weighted by Crippen LogP contribution is -2.46. The third-order valence-corrected chi connectivity index (χ3v) is 7.60. The van der Waals surface area contributed by atoms with E-state index in [0.29, 0.717) is 17.0 Å². The van der Waals surface area contributed by atoms with E-state index >= 15 is 0 Å². The summed E-state index contributed by atoms with van der Waals surface area (Å²) < 4.78 is 34.1. The van der Waals surface area contributed by atoms with E-state index in [2.05, 4.69) is 17.2 Å². The van der Waals surface area contributed by atoms with Crippen LogP contribution in [0.2, 0.25) is 0 Å². The Morgan fingerprint density at radius 2 is 1.60 bits per heavy atom. The van der Waals surface area contributed by atoms with Gasteiger partial charge in [0.15, 0.2) is 5.76 Å². The number of fused-ring (bicyclic) bond motifs is 1. The summed E-state index contributed by atoms with van der Waals surface area (Å²) in [5.41, 5.74) is 4.73. The maximum atomic E-state index is 13.2. The summed E-state index contributed by atoms with van der Waals surface area (Å²) >= 11 is -2.44. The van der Waals surface area contributed by atoms with Crippen molar-refractivity contribution in [2.45, 2.75) is 47.6 Å². The summed E-state index contributed by atoms with van der Waals surface area (Å²) in [6.45, 7) is 11.6. The highest BCUT2D eigenvalue weighted by atomic mass is 32.2. The van der Waals surface area contributed by atoms with Crippen LogP contribution >= 0.6 is 0 Å². The van der Waals surface area contributed by atoms with Gasteiger partial charge in [0, 0.05) is 27.6 Å². The van der Waals surface area contributed by atoms with Gasteiger partial charge in [-0.25, -0.2) is 9.00 Å². The molecule has 8 nitrogen and oxygen atoms in total. The van der Waals surface area contributed by atoms with Crippen molar-refractivity contribution in [1.29, 1.82) is 0 Å². The Hall–Kier alpha value is -4.39. The molecule has 2 unspecified atom stereocenters. The van der Waals surface area contributed by atoms with Gasteiger partial charge in [-0.05, 0) is 81.1 Å². The fourth-order valence-corrected chi connectivity index (χ4v) is 5.55. The molecule has 4 rings (SSSR count). The second kappa shape index (κ2) is 12.9. The lowest BCUT2D eigenvalue weighted by Gasteiger charge is -2.30. The van der Waals surface area contributed by atoms with Crippen molar-refractivity contribution < 1.29 is 27.5 Å². The van der Waals surface area contributed by atoms with Gasteiger partial charge in [0.1, 0.15) is 11.6 Å². The molecule has 0 spiro atoms. The summed E-state index contributed by atoms with van der Waals surface area (Å²) in [6, 6.07) is 19.0. The molecule has 0 aliphatic rings. The fraction of sp³-hybridized carbons (Fsp3) is 0.294. The maximum absolute atomic E-state index is 13.2. The predicted octanol–water partition coefficient (Wildman–Crippen LogP) is 7.20. The first kappa shape index (κ1) is 31.5. The summed E-state index contributed by atoms with van der Waals surface area (Å²) in [7, 11) is 1.25. The highest BCUT2D eigenvalue weighted by molar-refractivity contribution is 7.80. The van der Waals surface area contributed by atoms with Crippen molar-refractivity contribution in [2.24, 2.45) is 11.3 Å². The SMILES string of the molecule is COC(=O)C(C(C)C)N(c1ccc(-c2ccc(NC(=O)c3oc4cccc(C#CC(C)(C)C)c4c3C)cc2)cc1)S(=O)O. The van der Waals surface area contributed by atoms with Gasteiger partial charge < -0.3 is 14.5 Å². The largest absolute Gasteiger partial charge is 0.467 e. The smallest absolute Gasteiger partial charge is 0.329 e. The molecule has 43 heavy (non-hydrogen) atoms. The van der Waals surface area contributed by atoms with Gasteiger partial charge >= 0.3 is 5.97 Å². The quantitative estimate of drug-likeness (QED) is 0.126. The number of nitrogens with one attached hydrogen (secondary N) is 1. The Kier molecular flexibility index (Phi) is 9.43. The Labute approximate surface area is 254 Å². The number of ether oxygens (including phenoxy) is 1. The summed E-state index contributed by atoms with van der Waals surface area (Å²) in [5.74, 6) is 5.50. The van der Waals surface area contributed by atoms with E-state index in [-0.39, 0.29) is 23.0 Å². The lowest BCUT2D eigenvalue weighted by molar-refractivity contribution is -0.142. The molecule has 2 atom stereocenters. The zero-order valence-electron chi connectivity index (χ0n) is 25.3. The van der Waals surface area contributed by atoms with Crippen molar-refractivity contribution in [1.82, 2.24) is 0 Å². The van der Waals surface area contributed by atoms with Crippen LogP contribution in [0.1, 0.15) is 56.3 Å². The second-order valence-corrected chi connectivity index (χ2v) is 12.4. The van der Waals surface area contributed by atoms with Gasteiger partial charge in [-0.3, -0.25) is 13.7 Å². The number of benzene rings is 3. The van der Waals surface area contributed by atoms with Crippen molar-refractivity contribution >= 4 is 45.5 Å². The van der Waals surface area contributed by atoms with E-state index in [4.69, 9.17) is 9.15 Å². The van der Waals surface area contributed by atoms with E-state index in [9.17, 15) is 18.4 Å². The lowest BCUT2D eigenvalue weighted by atomic mass is 9.96. The molecule has 0 aliphatic heterocycles. The predicted molar refractivity (Wildman–Crippen MR) is 171 cm³/mol. The molecule has 4 aromatic rings. The second-order valence-electron chi connectivity index (χ2n) is 11.6. The average molecular weight is 601 g/mol. The highest BCUT2D eigenvalue weighted by Gasteiger charge is 2.33. The normalized spacial score (nSPS) is 12.8. The minimum absolute atomic E-state index is 0.157. The topological polar surface area (TPSA) is 109 Å². The molecule has 3 aromatic carbocycles. The molecular formula is C34H36N2O6S. The van der Waals surface area contributed by atoms with Crippen LogP contribution < -0.4 is 9.62 Å². The molecule has 224 valence electrons. The molecule has 2 N–H and O–H groups in total. The van der Waals surface area contributed by atoms with E-state index < -0.39 is 23.3 Å². The number of hydrogen-bond donors (Lipinski definition) is 2. The number of anilines is 2. The standard InChI is InChI=1S/C34H36N2O6S/c1-21(2)30(33(38)41-7)36(43(39)40)27-17-13-24(14-18-27)23-11-15-26(16-12-23)35-32(37)31-22(3)29-25(19-20-34(4,5)6)9-8-10-28(29)42-31/h8-18,21,30H,1-7H3,(H,35,37)(H,39,40). The molecule has 0 bridgehead atoms. The van der Waals surface area contributed by atoms with Crippen molar-refractivity contribution in [3.05, 3.63) is 83.6 Å². The number of methoxy groups -OCH3 is 1. The minimum atomic E-state index is -2.44. The van der Waals surface area contributed by atoms with Crippen LogP contribution in [0.5, 0.6) is 0 Å². The number of aryl methyl sites for hydroxylation is 1. The molecule has 0 saturated carbocycles. The van der Waals surface area contributed by atoms with E-state index in [1.54, 1.807) is 50.2 Å². The molecule has 0 radical (unpaired) electrons. The number of carbonyl (C=O) groups excluding carboxylic acids is 2. The Morgan fingerprint density at radius 1 is 1.00 bits per heavy atom. The molecule has 0 saturated heterocycles. The fourth-order valence-electron chi connectivity index (χ4n) is 4.72. The zero-order chi connectivity index (χ0) is 31.5. The Balaban J connectivity index is 1.53. The molecule has 0 aliphatic carbocycles. The first-order valence-corrected chi connectivity index (χ1v) is 14.9. The molecule has 1 amide bonds. The summed E-state index contributed by atoms with van der Waals surface area (Å²) in [5, 5.41) is 3.74. The monoisotopic (exact) mass is 600 g/mol. The molecule has 1 aromatic heterocycles. The molecular weight excluding hydrogens is 564 g/mol. The van der Waals surface area contributed by atoms with Crippen molar-refractivity contribution in [3.63, 3.8) is 0 Å². The number of furan rings is 1. The number of amides is 1. The van der Waals surface area contributed by atoms with Gasteiger partial charge in [-0.1, -0.05) is 56.0 Å². The van der Waals surface area contributed by atoms with Crippen LogP contribution in [0.25, 0.3) is 22.1 Å². The number of hydrogen-bond acceptors (Lipinski definition) is 5. The Morgan fingerprint density at radius 3 is 2.14 bits per heavy atom. The van der Waals surface area contributed by atoms with E-state index in [1.807, 2.05) is 58.0 Å². The van der Waals surface area contributed by atoms with Crippen LogP contribution in [-0.2, 0) is 20.8 Å². The average Bonchev–Trinajstić information content (AvgIpc) is 3.31. The first-order valence-electron chi connectivity index (χ1n) is 13.9. The number of esters is 1. The minimum Gasteiger partial charge on any atom is -0.467 e. The van der Waals surface area contributed by atoms with Crippen molar-refractivity contribution in [3.8, 4) is 23.0 Å². The summed E-state index contributed by atoms with van der Waals surface area (Å²) in [4.78, 5) is 25.5. The van der Waals surface area contributed by atoms with Gasteiger partial charge in [0.05, 0.1) is 12.8 Å². The number of rotatable bonds is 8. The van der Waals surface area contributed by atoms with Crippen LogP contribution in [0, 0.1) is 30.1 Å². The van der Waals surface area contributed by atoms with E-state index in [0.717, 1.165) is 31.9 Å². The molecule has 1 heterocycles. The number of nitrogens with zero attached hydrogens (tertiary/aromatic N) is 1. The molecule has 0 fully saturated rings. The van der Waals surface area contributed by atoms with Crippen LogP contribution in [0.3, 0.4) is 0 Å². The van der Waals surface area contributed by atoms with Gasteiger partial charge in [-0.2, -0.15) is 0 Å². The highest BCUT2D eigenvalue weighted by Crippen LogP contribution is 2.31. The van der Waals surface area contributed by atoms with Gasteiger partial charge in [0.25, 0.3) is 17.2 Å². The van der Waals surface area contributed by atoms with Gasteiger partial charge in [0.2, 0.25) is 0 Å². The molecule has 9 heteroatoms. The van der Waals surface area contributed by atoms with Crippen LogP contribution in [0.15, 0.2) is 71.1 Å². The maximum Gasteiger partial charge on any atom is 0.329 e.